The Balaban J connectivity index is 1.87. The number of rotatable bonds is 5. The molecule has 1 fully saturated rings. The van der Waals surface area contributed by atoms with Gasteiger partial charge in [-0.3, -0.25) is 0 Å². The van der Waals surface area contributed by atoms with E-state index in [0.717, 1.165) is 25.1 Å². The molecule has 1 saturated carbocycles. The Bertz CT molecular complexity index is 877. The lowest BCUT2D eigenvalue weighted by atomic mass is 9.75. The molecule has 0 bridgehead atoms. The number of nitrogens with zero attached hydrogens (tertiary/aromatic N) is 5. The number of anilines is 1. The Morgan fingerprint density at radius 2 is 2.07 bits per heavy atom. The van der Waals surface area contributed by atoms with Gasteiger partial charge in [0.15, 0.2) is 16.1 Å². The predicted octanol–water partition coefficient (Wildman–Crippen LogP) is 3.61. The Hall–Kier alpha value is -1.38. The lowest BCUT2D eigenvalue weighted by Crippen LogP contribution is -2.57. The number of hydrogen-bond acceptors (Lipinski definition) is 7. The van der Waals surface area contributed by atoms with Crippen molar-refractivity contribution in [1.29, 1.82) is 0 Å². The van der Waals surface area contributed by atoms with Crippen LogP contribution in [-0.4, -0.2) is 64.9 Å². The van der Waals surface area contributed by atoms with Crippen LogP contribution < -0.4 is 9.64 Å². The zero-order valence-corrected chi connectivity index (χ0v) is 17.3. The first kappa shape index (κ1) is 19.0. The summed E-state index contributed by atoms with van der Waals surface area (Å²) in [7, 11) is 4.24. The van der Waals surface area contributed by atoms with Gasteiger partial charge in [-0.1, -0.05) is 30.3 Å². The highest BCUT2D eigenvalue weighted by atomic mass is 35.5. The summed E-state index contributed by atoms with van der Waals surface area (Å²) in [4.78, 5) is 17.8. The van der Waals surface area contributed by atoms with E-state index in [2.05, 4.69) is 33.9 Å². The summed E-state index contributed by atoms with van der Waals surface area (Å²) in [5.41, 5.74) is 0.295. The molecule has 0 saturated heterocycles. The van der Waals surface area contributed by atoms with Crippen molar-refractivity contribution < 1.29 is 9.13 Å². The summed E-state index contributed by atoms with van der Waals surface area (Å²) in [5, 5.41) is 0.849. The SMILES string of the molecule is CCSc1nc2c3c(nc(Cl)c(F)c3n1)OCCN2CC1(N(C)C)CCC1. The van der Waals surface area contributed by atoms with Gasteiger partial charge in [-0.25, -0.2) is 14.4 Å². The second-order valence-electron chi connectivity index (χ2n) is 7.25. The fourth-order valence-corrected chi connectivity index (χ4v) is 4.53. The Kier molecular flexibility index (Phi) is 5.07. The van der Waals surface area contributed by atoms with Crippen molar-refractivity contribution in [2.45, 2.75) is 36.9 Å². The van der Waals surface area contributed by atoms with Crippen molar-refractivity contribution in [2.24, 2.45) is 0 Å². The van der Waals surface area contributed by atoms with Gasteiger partial charge in [0.2, 0.25) is 5.88 Å². The summed E-state index contributed by atoms with van der Waals surface area (Å²) < 4.78 is 20.6. The highest BCUT2D eigenvalue weighted by Crippen LogP contribution is 2.41. The zero-order chi connectivity index (χ0) is 19.2. The molecule has 9 heteroatoms. The molecule has 146 valence electrons. The van der Waals surface area contributed by atoms with Crippen LogP contribution in [0.1, 0.15) is 26.2 Å². The molecular weight excluding hydrogens is 389 g/mol. The second kappa shape index (κ2) is 7.22. The van der Waals surface area contributed by atoms with Crippen LogP contribution in [0.25, 0.3) is 10.9 Å². The van der Waals surface area contributed by atoms with Crippen molar-refractivity contribution in [2.75, 3.05) is 44.4 Å². The molecule has 0 unspecified atom stereocenters. The molecule has 0 atom stereocenters. The van der Waals surface area contributed by atoms with Crippen LogP contribution in [0.5, 0.6) is 5.88 Å². The van der Waals surface area contributed by atoms with Gasteiger partial charge in [-0.05, 0) is 39.1 Å². The molecule has 2 aromatic heterocycles. The molecule has 0 radical (unpaired) electrons. The van der Waals surface area contributed by atoms with Crippen LogP contribution in [0, 0.1) is 5.82 Å². The number of halogens is 2. The van der Waals surface area contributed by atoms with Crippen LogP contribution in [-0.2, 0) is 0 Å². The smallest absolute Gasteiger partial charge is 0.228 e. The lowest BCUT2D eigenvalue weighted by Gasteiger charge is -2.49. The largest absolute Gasteiger partial charge is 0.475 e. The molecule has 0 aromatic carbocycles. The third-order valence-corrected chi connectivity index (χ3v) is 6.54. The molecule has 1 aliphatic heterocycles. The number of hydrogen-bond donors (Lipinski definition) is 0. The fraction of sp³-hybridized carbons (Fsp3) is 0.611. The number of aromatic nitrogens is 3. The molecule has 0 spiro atoms. The van der Waals surface area contributed by atoms with Crippen LogP contribution in [0.4, 0.5) is 10.2 Å². The van der Waals surface area contributed by atoms with E-state index in [0.29, 0.717) is 35.4 Å². The topological polar surface area (TPSA) is 54.4 Å². The first-order valence-electron chi connectivity index (χ1n) is 9.20. The highest BCUT2D eigenvalue weighted by Gasteiger charge is 2.41. The van der Waals surface area contributed by atoms with Gasteiger partial charge in [-0.15, -0.1) is 0 Å². The van der Waals surface area contributed by atoms with E-state index in [-0.39, 0.29) is 16.2 Å². The summed E-state index contributed by atoms with van der Waals surface area (Å²) in [5.74, 6) is 1.19. The molecule has 4 rings (SSSR count). The second-order valence-corrected chi connectivity index (χ2v) is 8.84. The lowest BCUT2D eigenvalue weighted by molar-refractivity contribution is 0.0665. The summed E-state index contributed by atoms with van der Waals surface area (Å²) in [6.45, 7) is 3.94. The molecule has 2 aromatic rings. The third-order valence-electron chi connectivity index (χ3n) is 5.56. The van der Waals surface area contributed by atoms with Crippen LogP contribution in [0.15, 0.2) is 5.16 Å². The van der Waals surface area contributed by atoms with E-state index in [1.54, 1.807) is 0 Å². The van der Waals surface area contributed by atoms with E-state index in [9.17, 15) is 4.39 Å². The minimum absolute atomic E-state index is 0.109. The fourth-order valence-electron chi connectivity index (χ4n) is 3.80. The minimum Gasteiger partial charge on any atom is -0.475 e. The number of pyridine rings is 1. The van der Waals surface area contributed by atoms with E-state index in [4.69, 9.17) is 21.3 Å². The van der Waals surface area contributed by atoms with Crippen molar-refractivity contribution in [3.05, 3.63) is 11.0 Å². The van der Waals surface area contributed by atoms with Crippen molar-refractivity contribution in [3.8, 4) is 5.88 Å². The van der Waals surface area contributed by atoms with Gasteiger partial charge in [0.25, 0.3) is 0 Å². The van der Waals surface area contributed by atoms with E-state index in [1.807, 2.05) is 6.92 Å². The van der Waals surface area contributed by atoms with Gasteiger partial charge >= 0.3 is 0 Å². The predicted molar refractivity (Wildman–Crippen MR) is 107 cm³/mol. The number of likely N-dealkylation sites (N-methyl/N-ethyl adjacent to an activating group) is 1. The molecule has 2 aliphatic rings. The molecule has 6 nitrogen and oxygen atoms in total. The van der Waals surface area contributed by atoms with Gasteiger partial charge in [-0.2, -0.15) is 4.98 Å². The Labute approximate surface area is 167 Å². The van der Waals surface area contributed by atoms with Gasteiger partial charge in [0, 0.05) is 12.1 Å². The normalized spacial score (nSPS) is 18.4. The van der Waals surface area contributed by atoms with E-state index in [1.165, 1.54) is 18.2 Å². The first-order valence-corrected chi connectivity index (χ1v) is 10.6. The molecule has 0 amide bonds. The maximum Gasteiger partial charge on any atom is 0.228 e. The van der Waals surface area contributed by atoms with Crippen molar-refractivity contribution >= 4 is 40.1 Å². The minimum atomic E-state index is -0.617. The van der Waals surface area contributed by atoms with Gasteiger partial charge < -0.3 is 14.5 Å². The summed E-state index contributed by atoms with van der Waals surface area (Å²) >= 11 is 7.48. The van der Waals surface area contributed by atoms with E-state index >= 15 is 0 Å². The Morgan fingerprint density at radius 1 is 1.30 bits per heavy atom. The summed E-state index contributed by atoms with van der Waals surface area (Å²) in [6, 6.07) is 0. The van der Waals surface area contributed by atoms with Crippen LogP contribution >= 0.6 is 23.4 Å². The van der Waals surface area contributed by atoms with E-state index < -0.39 is 5.82 Å². The third kappa shape index (κ3) is 3.21. The molecule has 3 heterocycles. The first-order chi connectivity index (χ1) is 12.9. The quantitative estimate of drug-likeness (QED) is 0.423. The van der Waals surface area contributed by atoms with Crippen LogP contribution in [0.2, 0.25) is 5.15 Å². The monoisotopic (exact) mass is 411 g/mol. The summed E-state index contributed by atoms with van der Waals surface area (Å²) in [6.07, 6.45) is 3.51. The Morgan fingerprint density at radius 3 is 2.70 bits per heavy atom. The highest BCUT2D eigenvalue weighted by molar-refractivity contribution is 7.99. The standard InChI is InChI=1S/C18H23ClFN5OS/c1-4-27-17-21-13-11-15(23-17)25(10-18(24(2)3)6-5-7-18)8-9-26-16(11)22-14(19)12(13)20/h4-10H2,1-3H3. The zero-order valence-electron chi connectivity index (χ0n) is 15.8. The maximum absolute atomic E-state index is 14.8. The maximum atomic E-state index is 14.8. The average Bonchev–Trinajstić information content (AvgIpc) is 2.76. The molecule has 1 aliphatic carbocycles. The average molecular weight is 412 g/mol. The number of ether oxygens (including phenoxy) is 1. The molecule has 0 N–H and O–H groups in total. The molecular formula is C18H23ClFN5OS. The van der Waals surface area contributed by atoms with Crippen molar-refractivity contribution in [3.63, 3.8) is 0 Å². The number of thioether (sulfide) groups is 1. The van der Waals surface area contributed by atoms with Crippen LogP contribution in [0.3, 0.4) is 0 Å². The van der Waals surface area contributed by atoms with Gasteiger partial charge in [0.1, 0.15) is 23.3 Å². The van der Waals surface area contributed by atoms with Crippen molar-refractivity contribution in [1.82, 2.24) is 19.9 Å². The van der Waals surface area contributed by atoms with Gasteiger partial charge in [0.05, 0.1) is 6.54 Å². The molecule has 27 heavy (non-hydrogen) atoms.